The Morgan fingerprint density at radius 1 is 1.21 bits per heavy atom. The van der Waals surface area contributed by atoms with Crippen LogP contribution < -0.4 is 5.32 Å². The van der Waals surface area contributed by atoms with Crippen molar-refractivity contribution in [2.24, 2.45) is 0 Å². The maximum Gasteiger partial charge on any atom is 0.0797 e. The van der Waals surface area contributed by atoms with Crippen LogP contribution >= 0.6 is 11.3 Å². The highest BCUT2D eigenvalue weighted by Crippen LogP contribution is 2.12. The zero-order chi connectivity index (χ0) is 13.9. The third-order valence-corrected chi connectivity index (χ3v) is 4.08. The molecule has 1 heterocycles. The molecule has 0 aromatic carbocycles. The van der Waals surface area contributed by atoms with Crippen LogP contribution in [0.2, 0.25) is 0 Å². The molecule has 0 unspecified atom stereocenters. The molecule has 0 bridgehead atoms. The van der Waals surface area contributed by atoms with Gasteiger partial charge in [-0.05, 0) is 26.3 Å². The fourth-order valence-corrected chi connectivity index (χ4v) is 2.67. The Bertz CT molecular complexity index is 326. The van der Waals surface area contributed by atoms with Crippen LogP contribution in [-0.2, 0) is 11.2 Å². The molecule has 3 nitrogen and oxygen atoms in total. The zero-order valence-corrected chi connectivity index (χ0v) is 13.4. The van der Waals surface area contributed by atoms with Gasteiger partial charge in [-0.25, -0.2) is 4.98 Å². The van der Waals surface area contributed by atoms with Gasteiger partial charge in [-0.15, -0.1) is 11.3 Å². The highest BCUT2D eigenvalue weighted by atomic mass is 32.1. The van der Waals surface area contributed by atoms with Crippen molar-refractivity contribution in [1.82, 2.24) is 10.3 Å². The van der Waals surface area contributed by atoms with Gasteiger partial charge in [0.2, 0.25) is 0 Å². The number of ether oxygens (including phenoxy) is 1. The van der Waals surface area contributed by atoms with Crippen molar-refractivity contribution in [2.45, 2.75) is 58.9 Å². The van der Waals surface area contributed by atoms with E-state index in [0.29, 0.717) is 6.04 Å². The third kappa shape index (κ3) is 8.35. The number of aryl methyl sites for hydroxylation is 1. The summed E-state index contributed by atoms with van der Waals surface area (Å²) in [4.78, 5) is 5.60. The molecule has 4 heteroatoms. The minimum absolute atomic E-state index is 0.610. The first-order chi connectivity index (χ1) is 9.20. The fraction of sp³-hybridized carbons (Fsp3) is 0.800. The Balaban J connectivity index is 1.83. The van der Waals surface area contributed by atoms with Crippen LogP contribution in [0.25, 0.3) is 0 Å². The Labute approximate surface area is 121 Å². The van der Waals surface area contributed by atoms with E-state index in [2.05, 4.69) is 31.1 Å². The number of thiazole rings is 1. The van der Waals surface area contributed by atoms with Crippen molar-refractivity contribution in [2.75, 3.05) is 19.8 Å². The summed E-state index contributed by atoms with van der Waals surface area (Å²) in [5.74, 6) is 0. The standard InChI is InChI=1S/C15H28N2OS/c1-13(2)16-9-6-4-5-7-10-18-11-8-15-14(3)17-12-19-15/h12-13,16H,4-11H2,1-3H3. The predicted octanol–water partition coefficient (Wildman–Crippen LogP) is 3.57. The van der Waals surface area contributed by atoms with Gasteiger partial charge in [0.05, 0.1) is 17.8 Å². The summed E-state index contributed by atoms with van der Waals surface area (Å²) < 4.78 is 5.67. The summed E-state index contributed by atoms with van der Waals surface area (Å²) in [6, 6.07) is 0.610. The summed E-state index contributed by atoms with van der Waals surface area (Å²) in [6.45, 7) is 9.32. The Morgan fingerprint density at radius 2 is 2.00 bits per heavy atom. The molecule has 0 aliphatic rings. The molecule has 0 aliphatic heterocycles. The summed E-state index contributed by atoms with van der Waals surface area (Å²) in [5.41, 5.74) is 3.07. The third-order valence-electron chi connectivity index (χ3n) is 3.09. The van der Waals surface area contributed by atoms with E-state index in [-0.39, 0.29) is 0 Å². The molecular formula is C15H28N2OS. The summed E-state index contributed by atoms with van der Waals surface area (Å²) >= 11 is 1.73. The number of aromatic nitrogens is 1. The number of hydrogen-bond donors (Lipinski definition) is 1. The van der Waals surface area contributed by atoms with E-state index in [1.165, 1.54) is 30.6 Å². The Kier molecular flexibility index (Phi) is 9.05. The van der Waals surface area contributed by atoms with Gasteiger partial charge in [0.25, 0.3) is 0 Å². The molecule has 0 radical (unpaired) electrons. The second-order valence-corrected chi connectivity index (χ2v) is 6.19. The van der Waals surface area contributed by atoms with Crippen LogP contribution in [0.4, 0.5) is 0 Å². The molecule has 0 saturated heterocycles. The van der Waals surface area contributed by atoms with Crippen molar-refractivity contribution in [1.29, 1.82) is 0 Å². The smallest absolute Gasteiger partial charge is 0.0797 e. The van der Waals surface area contributed by atoms with Gasteiger partial charge >= 0.3 is 0 Å². The first-order valence-corrected chi connectivity index (χ1v) is 8.28. The van der Waals surface area contributed by atoms with Crippen LogP contribution in [0.3, 0.4) is 0 Å². The largest absolute Gasteiger partial charge is 0.381 e. The van der Waals surface area contributed by atoms with E-state index in [1.807, 2.05) is 5.51 Å². The van der Waals surface area contributed by atoms with Crippen LogP contribution in [0.1, 0.15) is 50.1 Å². The van der Waals surface area contributed by atoms with Crippen LogP contribution in [0, 0.1) is 6.92 Å². The average Bonchev–Trinajstić information content (AvgIpc) is 2.77. The summed E-state index contributed by atoms with van der Waals surface area (Å²) in [7, 11) is 0. The van der Waals surface area contributed by atoms with Gasteiger partial charge in [-0.2, -0.15) is 0 Å². The molecule has 1 aromatic rings. The maximum atomic E-state index is 5.67. The second kappa shape index (κ2) is 10.4. The molecule has 110 valence electrons. The number of rotatable bonds is 11. The van der Waals surface area contributed by atoms with Crippen molar-refractivity contribution in [3.8, 4) is 0 Å². The predicted molar refractivity (Wildman–Crippen MR) is 83.0 cm³/mol. The van der Waals surface area contributed by atoms with E-state index < -0.39 is 0 Å². The van der Waals surface area contributed by atoms with Gasteiger partial charge in [-0.3, -0.25) is 0 Å². The van der Waals surface area contributed by atoms with Crippen molar-refractivity contribution >= 4 is 11.3 Å². The number of nitrogens with zero attached hydrogens (tertiary/aromatic N) is 1. The normalized spacial score (nSPS) is 11.4. The molecular weight excluding hydrogens is 256 g/mol. The number of unbranched alkanes of at least 4 members (excludes halogenated alkanes) is 3. The first-order valence-electron chi connectivity index (χ1n) is 7.40. The number of nitrogens with one attached hydrogen (secondary N) is 1. The van der Waals surface area contributed by atoms with Crippen LogP contribution in [-0.4, -0.2) is 30.8 Å². The topological polar surface area (TPSA) is 34.1 Å². The highest BCUT2D eigenvalue weighted by molar-refractivity contribution is 7.09. The maximum absolute atomic E-state index is 5.67. The molecule has 1 N–H and O–H groups in total. The number of hydrogen-bond acceptors (Lipinski definition) is 4. The lowest BCUT2D eigenvalue weighted by Gasteiger charge is -2.07. The molecule has 0 aliphatic carbocycles. The molecule has 0 amide bonds. The van der Waals surface area contributed by atoms with Gasteiger partial charge in [0.1, 0.15) is 0 Å². The van der Waals surface area contributed by atoms with E-state index in [9.17, 15) is 0 Å². The van der Waals surface area contributed by atoms with E-state index in [0.717, 1.165) is 31.9 Å². The highest BCUT2D eigenvalue weighted by Gasteiger charge is 2.00. The van der Waals surface area contributed by atoms with Crippen molar-refractivity contribution in [3.63, 3.8) is 0 Å². The van der Waals surface area contributed by atoms with Crippen molar-refractivity contribution in [3.05, 3.63) is 16.1 Å². The van der Waals surface area contributed by atoms with Crippen molar-refractivity contribution < 1.29 is 4.74 Å². The summed E-state index contributed by atoms with van der Waals surface area (Å²) in [6.07, 6.45) is 6.05. The molecule has 1 rings (SSSR count). The van der Waals surface area contributed by atoms with E-state index >= 15 is 0 Å². The molecule has 0 saturated carbocycles. The van der Waals surface area contributed by atoms with Gasteiger partial charge in [0, 0.05) is 23.9 Å². The van der Waals surface area contributed by atoms with E-state index in [4.69, 9.17) is 4.74 Å². The lowest BCUT2D eigenvalue weighted by molar-refractivity contribution is 0.133. The van der Waals surface area contributed by atoms with Crippen LogP contribution in [0.15, 0.2) is 5.51 Å². The minimum atomic E-state index is 0.610. The monoisotopic (exact) mass is 284 g/mol. The molecule has 19 heavy (non-hydrogen) atoms. The zero-order valence-electron chi connectivity index (χ0n) is 12.6. The van der Waals surface area contributed by atoms with E-state index in [1.54, 1.807) is 11.3 Å². The first kappa shape index (κ1) is 16.6. The summed E-state index contributed by atoms with van der Waals surface area (Å²) in [5, 5.41) is 3.44. The SMILES string of the molecule is Cc1ncsc1CCOCCCCCCNC(C)C. The Hall–Kier alpha value is -0.450. The molecule has 0 spiro atoms. The molecule has 0 fully saturated rings. The Morgan fingerprint density at radius 3 is 2.68 bits per heavy atom. The van der Waals surface area contributed by atoms with Crippen LogP contribution in [0.5, 0.6) is 0 Å². The molecule has 1 aromatic heterocycles. The van der Waals surface area contributed by atoms with Gasteiger partial charge in [-0.1, -0.05) is 26.7 Å². The second-order valence-electron chi connectivity index (χ2n) is 5.25. The van der Waals surface area contributed by atoms with Gasteiger partial charge in [0.15, 0.2) is 0 Å². The lowest BCUT2D eigenvalue weighted by atomic mass is 10.2. The van der Waals surface area contributed by atoms with Gasteiger partial charge < -0.3 is 10.1 Å². The quantitative estimate of drug-likeness (QED) is 0.631. The lowest BCUT2D eigenvalue weighted by Crippen LogP contribution is -2.23. The fourth-order valence-electron chi connectivity index (χ4n) is 1.91. The minimum Gasteiger partial charge on any atom is -0.381 e. The molecule has 0 atom stereocenters. The average molecular weight is 284 g/mol.